The summed E-state index contributed by atoms with van der Waals surface area (Å²) in [4.78, 5) is 9.82. The first-order chi connectivity index (χ1) is 12.4. The summed E-state index contributed by atoms with van der Waals surface area (Å²) >= 11 is 0. The van der Waals surface area contributed by atoms with Crippen molar-refractivity contribution in [2.45, 2.75) is 45.2 Å². The third-order valence-electron chi connectivity index (χ3n) is 4.95. The molecule has 0 atom stereocenters. The van der Waals surface area contributed by atoms with Crippen LogP contribution in [0.5, 0.6) is 0 Å². The van der Waals surface area contributed by atoms with Crippen molar-refractivity contribution in [1.82, 2.24) is 20.6 Å². The minimum atomic E-state index is 0.827. The third kappa shape index (κ3) is 3.97. The normalized spacial score (nSPS) is 17.4. The molecule has 3 heterocycles. The number of pyridine rings is 2. The van der Waals surface area contributed by atoms with Crippen molar-refractivity contribution in [3.8, 4) is 0 Å². The van der Waals surface area contributed by atoms with Crippen LogP contribution in [0.2, 0.25) is 0 Å². The van der Waals surface area contributed by atoms with Gasteiger partial charge in [-0.3, -0.25) is 0 Å². The van der Waals surface area contributed by atoms with Crippen LogP contribution >= 0.6 is 0 Å². The minimum Gasteiger partial charge on any atom is -0.311 e. The van der Waals surface area contributed by atoms with E-state index in [4.69, 9.17) is 9.97 Å². The maximum atomic E-state index is 4.91. The summed E-state index contributed by atoms with van der Waals surface area (Å²) in [6.45, 7) is 3.78. The summed E-state index contributed by atoms with van der Waals surface area (Å²) in [6, 6.07) is 12.9. The molecule has 1 aliphatic rings. The smallest absolute Gasteiger partial charge is 0.0968 e. The van der Waals surface area contributed by atoms with Crippen molar-refractivity contribution in [3.63, 3.8) is 0 Å². The summed E-state index contributed by atoms with van der Waals surface area (Å²) in [5.74, 6) is 0. The Morgan fingerprint density at radius 2 is 1.00 bits per heavy atom. The maximum absolute atomic E-state index is 4.91. The number of nitrogens with one attached hydrogen (secondary N) is 2. The van der Waals surface area contributed by atoms with Crippen LogP contribution in [0.15, 0.2) is 36.4 Å². The molecule has 0 spiro atoms. The molecule has 0 radical (unpaired) electrons. The van der Waals surface area contributed by atoms with E-state index in [0.29, 0.717) is 0 Å². The molecule has 0 amide bonds. The molecule has 25 heavy (non-hydrogen) atoms. The highest BCUT2D eigenvalue weighted by atomic mass is 14.9. The van der Waals surface area contributed by atoms with E-state index in [1.807, 2.05) is 0 Å². The molecule has 0 unspecified atom stereocenters. The molecule has 0 saturated heterocycles. The number of hydrogen-bond donors (Lipinski definition) is 2. The molecule has 2 N–H and O–H groups in total. The van der Waals surface area contributed by atoms with Crippen LogP contribution in [0.3, 0.4) is 0 Å². The highest BCUT2D eigenvalue weighted by molar-refractivity contribution is 6.02. The summed E-state index contributed by atoms with van der Waals surface area (Å²) in [5, 5.41) is 9.39. The van der Waals surface area contributed by atoms with Crippen LogP contribution in [-0.4, -0.2) is 23.1 Å². The molecule has 4 bridgehead atoms. The number of hydrogen-bond acceptors (Lipinski definition) is 4. The van der Waals surface area contributed by atoms with E-state index in [1.165, 1.54) is 32.1 Å². The first-order valence-electron chi connectivity index (χ1n) is 9.50. The Balaban J connectivity index is 1.71. The van der Waals surface area contributed by atoms with Gasteiger partial charge in [-0.25, -0.2) is 9.97 Å². The Labute approximate surface area is 149 Å². The van der Waals surface area contributed by atoms with E-state index in [1.54, 1.807) is 0 Å². The zero-order valence-electron chi connectivity index (χ0n) is 14.7. The fourth-order valence-corrected chi connectivity index (χ4v) is 3.51. The first kappa shape index (κ1) is 16.4. The van der Waals surface area contributed by atoms with Crippen LogP contribution in [0.1, 0.15) is 43.5 Å². The lowest BCUT2D eigenvalue weighted by Crippen LogP contribution is -2.15. The van der Waals surface area contributed by atoms with Crippen LogP contribution < -0.4 is 10.6 Å². The number of nitrogens with zero attached hydrogens (tertiary/aromatic N) is 2. The van der Waals surface area contributed by atoms with Crippen molar-refractivity contribution in [2.75, 3.05) is 13.1 Å². The summed E-state index contributed by atoms with van der Waals surface area (Å²) in [6.07, 6.45) is 6.42. The zero-order chi connectivity index (χ0) is 16.9. The van der Waals surface area contributed by atoms with Crippen LogP contribution in [0.25, 0.3) is 21.8 Å². The van der Waals surface area contributed by atoms with Gasteiger partial charge in [0.1, 0.15) is 0 Å². The Morgan fingerprint density at radius 3 is 1.52 bits per heavy atom. The van der Waals surface area contributed by atoms with Gasteiger partial charge in [0.15, 0.2) is 0 Å². The number of aromatic nitrogens is 2. The van der Waals surface area contributed by atoms with E-state index in [2.05, 4.69) is 47.0 Å². The highest BCUT2D eigenvalue weighted by Crippen LogP contribution is 2.23. The molecule has 0 aliphatic carbocycles. The summed E-state index contributed by atoms with van der Waals surface area (Å²) in [7, 11) is 0. The van der Waals surface area contributed by atoms with Gasteiger partial charge in [0, 0.05) is 23.9 Å². The Morgan fingerprint density at radius 1 is 0.560 bits per heavy atom. The SMILES string of the molecule is c1cc2ccc3ccc4nc3c2nc1CNCCCCCCCNC4. The van der Waals surface area contributed by atoms with Gasteiger partial charge in [-0.2, -0.15) is 0 Å². The van der Waals surface area contributed by atoms with E-state index in [0.717, 1.165) is 59.4 Å². The quantitative estimate of drug-likeness (QED) is 0.612. The van der Waals surface area contributed by atoms with E-state index in [9.17, 15) is 0 Å². The van der Waals surface area contributed by atoms with Gasteiger partial charge < -0.3 is 10.6 Å². The number of benzene rings is 1. The predicted octanol–water partition coefficient (Wildman–Crippen LogP) is 3.93. The molecule has 4 nitrogen and oxygen atoms in total. The average molecular weight is 334 g/mol. The molecular weight excluding hydrogens is 308 g/mol. The van der Waals surface area contributed by atoms with Gasteiger partial charge in [-0.1, -0.05) is 43.5 Å². The maximum Gasteiger partial charge on any atom is 0.0968 e. The lowest BCUT2D eigenvalue weighted by molar-refractivity contribution is 0.553. The second kappa shape index (κ2) is 7.89. The van der Waals surface area contributed by atoms with Crippen LogP contribution in [-0.2, 0) is 13.1 Å². The molecule has 1 aliphatic heterocycles. The van der Waals surface area contributed by atoms with Crippen molar-refractivity contribution < 1.29 is 0 Å². The van der Waals surface area contributed by atoms with Crippen LogP contribution in [0.4, 0.5) is 0 Å². The topological polar surface area (TPSA) is 49.8 Å². The van der Waals surface area contributed by atoms with Crippen molar-refractivity contribution in [2.24, 2.45) is 0 Å². The standard InChI is InChI=1S/C21H26N4/c1-2-4-12-22-14-18-10-8-16-6-7-17-9-11-19(15-23-13-5-3-1)25-21(17)20(16)24-18/h6-11,22-23H,1-5,12-15H2. The molecular formula is C21H26N4. The molecule has 0 fully saturated rings. The monoisotopic (exact) mass is 334 g/mol. The average Bonchev–Trinajstić information content (AvgIpc) is 2.65. The Kier molecular flexibility index (Phi) is 5.19. The molecule has 130 valence electrons. The fourth-order valence-electron chi connectivity index (χ4n) is 3.51. The van der Waals surface area contributed by atoms with Gasteiger partial charge >= 0.3 is 0 Å². The van der Waals surface area contributed by atoms with Gasteiger partial charge in [0.25, 0.3) is 0 Å². The molecule has 4 rings (SSSR count). The molecule has 0 saturated carbocycles. The number of rotatable bonds is 0. The highest BCUT2D eigenvalue weighted by Gasteiger charge is 2.07. The van der Waals surface area contributed by atoms with Crippen LogP contribution in [0, 0.1) is 0 Å². The summed E-state index contributed by atoms with van der Waals surface area (Å²) < 4.78 is 0. The molecule has 4 heteroatoms. The fraction of sp³-hybridized carbons (Fsp3) is 0.429. The predicted molar refractivity (Wildman–Crippen MR) is 104 cm³/mol. The van der Waals surface area contributed by atoms with Gasteiger partial charge in [-0.15, -0.1) is 0 Å². The number of fused-ring (bicyclic) bond motifs is 2. The molecule has 1 aromatic carbocycles. The van der Waals surface area contributed by atoms with Crippen molar-refractivity contribution >= 4 is 21.8 Å². The second-order valence-corrected chi connectivity index (χ2v) is 6.94. The van der Waals surface area contributed by atoms with Gasteiger partial charge in [-0.05, 0) is 38.1 Å². The Bertz CT molecular complexity index is 788. The second-order valence-electron chi connectivity index (χ2n) is 6.94. The third-order valence-corrected chi connectivity index (χ3v) is 4.95. The lowest BCUT2D eigenvalue weighted by Gasteiger charge is -2.08. The van der Waals surface area contributed by atoms with E-state index in [-0.39, 0.29) is 0 Å². The first-order valence-corrected chi connectivity index (χ1v) is 9.50. The van der Waals surface area contributed by atoms with E-state index < -0.39 is 0 Å². The Hall–Kier alpha value is -2.04. The van der Waals surface area contributed by atoms with E-state index >= 15 is 0 Å². The molecule has 2 aromatic heterocycles. The van der Waals surface area contributed by atoms with Crippen molar-refractivity contribution in [1.29, 1.82) is 0 Å². The van der Waals surface area contributed by atoms with Gasteiger partial charge in [0.2, 0.25) is 0 Å². The van der Waals surface area contributed by atoms with Gasteiger partial charge in [0.05, 0.1) is 22.4 Å². The van der Waals surface area contributed by atoms with Crippen molar-refractivity contribution in [3.05, 3.63) is 47.8 Å². The summed E-state index contributed by atoms with van der Waals surface area (Å²) in [5.41, 5.74) is 4.22. The lowest BCUT2D eigenvalue weighted by atomic mass is 10.1. The largest absolute Gasteiger partial charge is 0.311 e. The molecule has 3 aromatic rings. The minimum absolute atomic E-state index is 0.827. The zero-order valence-corrected chi connectivity index (χ0v) is 14.7.